The molecule has 0 aromatic heterocycles. The van der Waals surface area contributed by atoms with E-state index in [1.165, 1.54) is 23.3 Å². The molecular formula is C14H22N2S. The smallest absolute Gasteiger partial charge is 0.0294 e. The molecule has 1 aromatic rings. The van der Waals surface area contributed by atoms with Crippen molar-refractivity contribution in [2.24, 2.45) is 0 Å². The van der Waals surface area contributed by atoms with Crippen molar-refractivity contribution in [3.05, 3.63) is 29.8 Å². The van der Waals surface area contributed by atoms with E-state index in [1.807, 2.05) is 0 Å². The molecule has 1 saturated heterocycles. The molecule has 3 heteroatoms. The van der Waals surface area contributed by atoms with Crippen LogP contribution in [0.4, 0.5) is 0 Å². The van der Waals surface area contributed by atoms with Crippen LogP contribution in [0.3, 0.4) is 0 Å². The lowest BCUT2D eigenvalue weighted by atomic mass is 10.0. The molecule has 1 aliphatic heterocycles. The monoisotopic (exact) mass is 250 g/mol. The molecule has 0 spiro atoms. The third-order valence-corrected chi connectivity index (χ3v) is 4.18. The van der Waals surface area contributed by atoms with E-state index >= 15 is 0 Å². The molecule has 2 rings (SSSR count). The van der Waals surface area contributed by atoms with Crippen LogP contribution in [-0.4, -0.2) is 25.4 Å². The normalized spacial score (nSPS) is 19.2. The van der Waals surface area contributed by atoms with E-state index in [2.05, 4.69) is 48.1 Å². The zero-order chi connectivity index (χ0) is 12.1. The molecule has 1 aromatic carbocycles. The maximum atomic E-state index is 3.73. The van der Waals surface area contributed by atoms with Crippen LogP contribution in [-0.2, 0) is 0 Å². The SMILES string of the molecule is CSc1ccc(C(C)NC2CCNCC2)cc1. The number of piperidine rings is 1. The molecule has 2 N–H and O–H groups in total. The van der Waals surface area contributed by atoms with Gasteiger partial charge in [0.05, 0.1) is 0 Å². The quantitative estimate of drug-likeness (QED) is 0.804. The summed E-state index contributed by atoms with van der Waals surface area (Å²) in [5.74, 6) is 0. The summed E-state index contributed by atoms with van der Waals surface area (Å²) in [6, 6.07) is 10.0. The van der Waals surface area contributed by atoms with Crippen LogP contribution in [0.25, 0.3) is 0 Å². The number of thioether (sulfide) groups is 1. The molecule has 1 atom stereocenters. The average Bonchev–Trinajstić information content (AvgIpc) is 2.40. The highest BCUT2D eigenvalue weighted by Gasteiger charge is 2.15. The topological polar surface area (TPSA) is 24.1 Å². The molecule has 0 radical (unpaired) electrons. The summed E-state index contributed by atoms with van der Waals surface area (Å²) in [6.45, 7) is 4.56. The van der Waals surface area contributed by atoms with Crippen molar-refractivity contribution in [3.8, 4) is 0 Å². The second-order valence-electron chi connectivity index (χ2n) is 4.69. The second kappa shape index (κ2) is 6.43. The van der Waals surface area contributed by atoms with Crippen molar-refractivity contribution < 1.29 is 0 Å². The molecule has 1 heterocycles. The van der Waals surface area contributed by atoms with Gasteiger partial charge in [-0.05, 0) is 56.8 Å². The summed E-state index contributed by atoms with van der Waals surface area (Å²) in [5.41, 5.74) is 1.39. The van der Waals surface area contributed by atoms with Gasteiger partial charge in [0.1, 0.15) is 0 Å². The first-order valence-corrected chi connectivity index (χ1v) is 7.63. The van der Waals surface area contributed by atoms with Gasteiger partial charge >= 0.3 is 0 Å². The van der Waals surface area contributed by atoms with Gasteiger partial charge in [0.15, 0.2) is 0 Å². The summed E-state index contributed by atoms with van der Waals surface area (Å²) in [4.78, 5) is 1.34. The number of nitrogens with one attached hydrogen (secondary N) is 2. The van der Waals surface area contributed by atoms with Crippen molar-refractivity contribution in [2.45, 2.75) is 36.7 Å². The number of benzene rings is 1. The number of hydrogen-bond acceptors (Lipinski definition) is 3. The molecule has 0 amide bonds. The van der Waals surface area contributed by atoms with Crippen LogP contribution in [0.2, 0.25) is 0 Å². The Labute approximate surface area is 109 Å². The Hall–Kier alpha value is -0.510. The first-order chi connectivity index (χ1) is 8.29. The van der Waals surface area contributed by atoms with Crippen molar-refractivity contribution in [1.82, 2.24) is 10.6 Å². The molecule has 1 unspecified atom stereocenters. The van der Waals surface area contributed by atoms with Crippen molar-refractivity contribution in [3.63, 3.8) is 0 Å². The maximum absolute atomic E-state index is 3.73. The lowest BCUT2D eigenvalue weighted by molar-refractivity contribution is 0.359. The van der Waals surface area contributed by atoms with E-state index in [1.54, 1.807) is 11.8 Å². The van der Waals surface area contributed by atoms with Crippen LogP contribution in [0.15, 0.2) is 29.2 Å². The minimum atomic E-state index is 0.453. The summed E-state index contributed by atoms with van der Waals surface area (Å²) >= 11 is 1.80. The molecule has 0 saturated carbocycles. The summed E-state index contributed by atoms with van der Waals surface area (Å²) < 4.78 is 0. The fraction of sp³-hybridized carbons (Fsp3) is 0.571. The molecular weight excluding hydrogens is 228 g/mol. The summed E-state index contributed by atoms with van der Waals surface area (Å²) in [6.07, 6.45) is 4.60. The fourth-order valence-corrected chi connectivity index (χ4v) is 2.74. The van der Waals surface area contributed by atoms with E-state index in [0.29, 0.717) is 12.1 Å². The Bertz CT molecular complexity index is 331. The Morgan fingerprint density at radius 2 is 1.88 bits per heavy atom. The molecule has 94 valence electrons. The van der Waals surface area contributed by atoms with Crippen LogP contribution in [0.5, 0.6) is 0 Å². The largest absolute Gasteiger partial charge is 0.317 e. The number of hydrogen-bond donors (Lipinski definition) is 2. The first kappa shape index (κ1) is 12.9. The lowest BCUT2D eigenvalue weighted by Gasteiger charge is -2.27. The van der Waals surface area contributed by atoms with Crippen molar-refractivity contribution in [1.29, 1.82) is 0 Å². The zero-order valence-electron chi connectivity index (χ0n) is 10.7. The molecule has 17 heavy (non-hydrogen) atoms. The Morgan fingerprint density at radius 1 is 1.24 bits per heavy atom. The number of rotatable bonds is 4. The van der Waals surface area contributed by atoms with Crippen molar-refractivity contribution >= 4 is 11.8 Å². The zero-order valence-corrected chi connectivity index (χ0v) is 11.5. The van der Waals surface area contributed by atoms with E-state index in [0.717, 1.165) is 13.1 Å². The van der Waals surface area contributed by atoms with Gasteiger partial charge in [0.25, 0.3) is 0 Å². The van der Waals surface area contributed by atoms with Gasteiger partial charge < -0.3 is 10.6 Å². The third kappa shape index (κ3) is 3.73. The van der Waals surface area contributed by atoms with Crippen LogP contribution in [0.1, 0.15) is 31.4 Å². The van der Waals surface area contributed by atoms with E-state index in [9.17, 15) is 0 Å². The highest BCUT2D eigenvalue weighted by molar-refractivity contribution is 7.98. The predicted molar refractivity (Wildman–Crippen MR) is 75.7 cm³/mol. The Kier molecular flexibility index (Phi) is 4.89. The van der Waals surface area contributed by atoms with E-state index in [4.69, 9.17) is 0 Å². The molecule has 0 aliphatic carbocycles. The van der Waals surface area contributed by atoms with Gasteiger partial charge in [-0.25, -0.2) is 0 Å². The summed E-state index contributed by atoms with van der Waals surface area (Å²) in [5, 5.41) is 7.13. The van der Waals surface area contributed by atoms with Crippen LogP contribution >= 0.6 is 11.8 Å². The third-order valence-electron chi connectivity index (χ3n) is 3.44. The minimum absolute atomic E-state index is 0.453. The predicted octanol–water partition coefficient (Wildman–Crippen LogP) is 2.81. The van der Waals surface area contributed by atoms with Gasteiger partial charge in [-0.2, -0.15) is 0 Å². The minimum Gasteiger partial charge on any atom is -0.317 e. The molecule has 0 bridgehead atoms. The van der Waals surface area contributed by atoms with E-state index < -0.39 is 0 Å². The maximum Gasteiger partial charge on any atom is 0.0294 e. The lowest BCUT2D eigenvalue weighted by Crippen LogP contribution is -2.40. The Balaban J connectivity index is 1.91. The molecule has 1 fully saturated rings. The Morgan fingerprint density at radius 3 is 2.47 bits per heavy atom. The van der Waals surface area contributed by atoms with Gasteiger partial charge in [-0.1, -0.05) is 12.1 Å². The van der Waals surface area contributed by atoms with Gasteiger partial charge in [0.2, 0.25) is 0 Å². The first-order valence-electron chi connectivity index (χ1n) is 6.40. The van der Waals surface area contributed by atoms with Crippen LogP contribution in [0, 0.1) is 0 Å². The average molecular weight is 250 g/mol. The second-order valence-corrected chi connectivity index (χ2v) is 5.57. The standard InChI is InChI=1S/C14H22N2S/c1-11(16-13-7-9-15-10-8-13)12-3-5-14(17-2)6-4-12/h3-6,11,13,15-16H,7-10H2,1-2H3. The fourth-order valence-electron chi connectivity index (χ4n) is 2.33. The molecule has 2 nitrogen and oxygen atoms in total. The highest BCUT2D eigenvalue weighted by atomic mass is 32.2. The van der Waals surface area contributed by atoms with Gasteiger partial charge in [-0.15, -0.1) is 11.8 Å². The van der Waals surface area contributed by atoms with Gasteiger partial charge in [0, 0.05) is 17.0 Å². The highest BCUT2D eigenvalue weighted by Crippen LogP contribution is 2.20. The molecule has 1 aliphatic rings. The van der Waals surface area contributed by atoms with Crippen LogP contribution < -0.4 is 10.6 Å². The van der Waals surface area contributed by atoms with Gasteiger partial charge in [-0.3, -0.25) is 0 Å². The van der Waals surface area contributed by atoms with Crippen molar-refractivity contribution in [2.75, 3.05) is 19.3 Å². The summed E-state index contributed by atoms with van der Waals surface area (Å²) in [7, 11) is 0. The van der Waals surface area contributed by atoms with E-state index in [-0.39, 0.29) is 0 Å².